The zero-order valence-corrected chi connectivity index (χ0v) is 10.1. The van der Waals surface area contributed by atoms with E-state index in [9.17, 15) is 0 Å². The first kappa shape index (κ1) is 10.7. The summed E-state index contributed by atoms with van der Waals surface area (Å²) in [5.74, 6) is 2.51. The van der Waals surface area contributed by atoms with Crippen LogP contribution in [0.2, 0.25) is 0 Å². The van der Waals surface area contributed by atoms with Crippen molar-refractivity contribution in [3.63, 3.8) is 0 Å². The zero-order chi connectivity index (χ0) is 10.8. The molecule has 1 heterocycles. The number of hydrogen-bond acceptors (Lipinski definition) is 3. The average molecular weight is 222 g/mol. The largest absolute Gasteiger partial charge is 0.399 e. The van der Waals surface area contributed by atoms with Gasteiger partial charge in [0.2, 0.25) is 0 Å². The first-order chi connectivity index (χ1) is 7.18. The van der Waals surface area contributed by atoms with Crippen LogP contribution in [0, 0.1) is 0 Å². The molecule has 0 amide bonds. The highest BCUT2D eigenvalue weighted by atomic mass is 32.2. The van der Waals surface area contributed by atoms with Crippen molar-refractivity contribution in [3.8, 4) is 0 Å². The van der Waals surface area contributed by atoms with Crippen molar-refractivity contribution in [3.05, 3.63) is 24.3 Å². The van der Waals surface area contributed by atoms with E-state index < -0.39 is 0 Å². The minimum atomic E-state index is 0.555. The van der Waals surface area contributed by atoms with Gasteiger partial charge in [-0.1, -0.05) is 0 Å². The number of benzene rings is 1. The monoisotopic (exact) mass is 222 g/mol. The van der Waals surface area contributed by atoms with Gasteiger partial charge in [-0.25, -0.2) is 0 Å². The van der Waals surface area contributed by atoms with Crippen molar-refractivity contribution in [2.45, 2.75) is 25.9 Å². The molecule has 0 bridgehead atoms. The highest BCUT2D eigenvalue weighted by Crippen LogP contribution is 2.30. The summed E-state index contributed by atoms with van der Waals surface area (Å²) in [6, 6.07) is 9.47. The van der Waals surface area contributed by atoms with Crippen LogP contribution in [0.3, 0.4) is 0 Å². The quantitative estimate of drug-likeness (QED) is 0.797. The van der Waals surface area contributed by atoms with Crippen molar-refractivity contribution in [2.75, 3.05) is 22.1 Å². The van der Waals surface area contributed by atoms with E-state index in [-0.39, 0.29) is 0 Å². The number of anilines is 2. The van der Waals surface area contributed by atoms with E-state index in [2.05, 4.69) is 30.9 Å². The van der Waals surface area contributed by atoms with Crippen LogP contribution >= 0.6 is 11.8 Å². The van der Waals surface area contributed by atoms with Gasteiger partial charge in [0.05, 0.1) is 0 Å². The lowest BCUT2D eigenvalue weighted by Gasteiger charge is -2.41. The standard InChI is InChI=1S/C12H18N2S/c1-9(2)14(12-7-15-8-12)11-5-3-10(13)4-6-11/h3-6,9,12H,7-8,13H2,1-2H3. The average Bonchev–Trinajstić information content (AvgIpc) is 2.12. The van der Waals surface area contributed by atoms with Crippen molar-refractivity contribution < 1.29 is 0 Å². The van der Waals surface area contributed by atoms with E-state index in [4.69, 9.17) is 5.73 Å². The summed E-state index contributed by atoms with van der Waals surface area (Å²) in [5.41, 5.74) is 7.84. The van der Waals surface area contributed by atoms with E-state index in [1.807, 2.05) is 23.9 Å². The van der Waals surface area contributed by atoms with E-state index in [0.29, 0.717) is 12.1 Å². The Hall–Kier alpha value is -0.830. The third-order valence-electron chi connectivity index (χ3n) is 2.76. The highest BCUT2D eigenvalue weighted by molar-refractivity contribution is 8.00. The minimum absolute atomic E-state index is 0.555. The Bertz CT molecular complexity index is 317. The Balaban J connectivity index is 2.19. The number of hydrogen-bond donors (Lipinski definition) is 1. The maximum absolute atomic E-state index is 5.70. The van der Waals surface area contributed by atoms with Crippen molar-refractivity contribution in [2.24, 2.45) is 0 Å². The molecule has 2 nitrogen and oxygen atoms in total. The zero-order valence-electron chi connectivity index (χ0n) is 9.31. The molecular weight excluding hydrogens is 204 g/mol. The molecule has 3 heteroatoms. The summed E-state index contributed by atoms with van der Waals surface area (Å²) in [6.07, 6.45) is 0. The molecule has 15 heavy (non-hydrogen) atoms. The van der Waals surface area contributed by atoms with Gasteiger partial charge in [0.15, 0.2) is 0 Å². The molecule has 0 atom stereocenters. The van der Waals surface area contributed by atoms with Crippen molar-refractivity contribution in [1.82, 2.24) is 0 Å². The molecule has 2 rings (SSSR count). The molecule has 0 saturated carbocycles. The Morgan fingerprint density at radius 2 is 1.87 bits per heavy atom. The van der Waals surface area contributed by atoms with Gasteiger partial charge in [0.25, 0.3) is 0 Å². The third-order valence-corrected chi connectivity index (χ3v) is 4.00. The molecule has 2 N–H and O–H groups in total. The van der Waals surface area contributed by atoms with Gasteiger partial charge in [0, 0.05) is 35.0 Å². The fourth-order valence-electron chi connectivity index (χ4n) is 1.96. The van der Waals surface area contributed by atoms with Gasteiger partial charge in [-0.3, -0.25) is 0 Å². The van der Waals surface area contributed by atoms with Crippen LogP contribution in [0.15, 0.2) is 24.3 Å². The highest BCUT2D eigenvalue weighted by Gasteiger charge is 2.27. The molecule has 0 unspecified atom stereocenters. The molecule has 1 aliphatic heterocycles. The predicted octanol–water partition coefficient (Wildman–Crippen LogP) is 2.60. The van der Waals surface area contributed by atoms with Gasteiger partial charge in [-0.2, -0.15) is 11.8 Å². The fourth-order valence-corrected chi connectivity index (χ4v) is 2.73. The van der Waals surface area contributed by atoms with Gasteiger partial charge in [-0.15, -0.1) is 0 Å². The summed E-state index contributed by atoms with van der Waals surface area (Å²) < 4.78 is 0. The molecule has 0 aliphatic carbocycles. The minimum Gasteiger partial charge on any atom is -0.399 e. The molecule has 1 fully saturated rings. The van der Waals surface area contributed by atoms with Crippen LogP contribution in [0.25, 0.3) is 0 Å². The summed E-state index contributed by atoms with van der Waals surface area (Å²) in [6.45, 7) is 4.50. The normalized spacial score (nSPS) is 16.5. The van der Waals surface area contributed by atoms with E-state index >= 15 is 0 Å². The summed E-state index contributed by atoms with van der Waals surface area (Å²) in [5, 5.41) is 0. The predicted molar refractivity (Wildman–Crippen MR) is 69.6 cm³/mol. The second kappa shape index (κ2) is 4.35. The lowest BCUT2D eigenvalue weighted by Crippen LogP contribution is -2.48. The number of nitrogens with two attached hydrogens (primary N) is 1. The van der Waals surface area contributed by atoms with Crippen LogP contribution in [-0.4, -0.2) is 23.6 Å². The fraction of sp³-hybridized carbons (Fsp3) is 0.500. The summed E-state index contributed by atoms with van der Waals surface area (Å²) in [4.78, 5) is 2.50. The second-order valence-corrected chi connectivity index (χ2v) is 5.36. The maximum atomic E-state index is 5.70. The molecule has 0 radical (unpaired) electrons. The molecule has 0 spiro atoms. The van der Waals surface area contributed by atoms with Crippen molar-refractivity contribution >= 4 is 23.1 Å². The molecular formula is C12H18N2S. The number of thioether (sulfide) groups is 1. The van der Waals surface area contributed by atoms with Crippen LogP contribution < -0.4 is 10.6 Å². The van der Waals surface area contributed by atoms with Gasteiger partial charge >= 0.3 is 0 Å². The van der Waals surface area contributed by atoms with Crippen LogP contribution in [-0.2, 0) is 0 Å². The summed E-state index contributed by atoms with van der Waals surface area (Å²) >= 11 is 2.02. The van der Waals surface area contributed by atoms with Crippen LogP contribution in [0.1, 0.15) is 13.8 Å². The van der Waals surface area contributed by atoms with E-state index in [1.165, 1.54) is 17.2 Å². The molecule has 82 valence electrons. The van der Waals surface area contributed by atoms with Crippen molar-refractivity contribution in [1.29, 1.82) is 0 Å². The SMILES string of the molecule is CC(C)N(c1ccc(N)cc1)C1CSC1. The number of rotatable bonds is 3. The van der Waals surface area contributed by atoms with Crippen LogP contribution in [0.5, 0.6) is 0 Å². The topological polar surface area (TPSA) is 29.3 Å². The molecule has 0 aromatic heterocycles. The summed E-state index contributed by atoms with van der Waals surface area (Å²) in [7, 11) is 0. The Kier molecular flexibility index (Phi) is 3.10. The molecule has 1 aliphatic rings. The maximum Gasteiger partial charge on any atom is 0.0473 e. The first-order valence-electron chi connectivity index (χ1n) is 5.40. The Morgan fingerprint density at radius 3 is 2.27 bits per heavy atom. The number of nitrogens with zero attached hydrogens (tertiary/aromatic N) is 1. The molecule has 1 aromatic rings. The Morgan fingerprint density at radius 1 is 1.27 bits per heavy atom. The number of nitrogen functional groups attached to an aromatic ring is 1. The third kappa shape index (κ3) is 2.23. The van der Waals surface area contributed by atoms with E-state index in [0.717, 1.165) is 5.69 Å². The molecule has 1 saturated heterocycles. The van der Waals surface area contributed by atoms with Crippen LogP contribution in [0.4, 0.5) is 11.4 Å². The lowest BCUT2D eigenvalue weighted by molar-refractivity contribution is 0.603. The van der Waals surface area contributed by atoms with Gasteiger partial charge in [0.1, 0.15) is 0 Å². The van der Waals surface area contributed by atoms with Gasteiger partial charge in [-0.05, 0) is 38.1 Å². The molecule has 1 aromatic carbocycles. The lowest BCUT2D eigenvalue weighted by atomic mass is 10.1. The first-order valence-corrected chi connectivity index (χ1v) is 6.55. The second-order valence-electron chi connectivity index (χ2n) is 4.28. The van der Waals surface area contributed by atoms with Gasteiger partial charge < -0.3 is 10.6 Å². The smallest absolute Gasteiger partial charge is 0.0473 e. The van der Waals surface area contributed by atoms with E-state index in [1.54, 1.807) is 0 Å². The Labute approximate surface area is 95.8 Å².